The van der Waals surface area contributed by atoms with Gasteiger partial charge in [-0.05, 0) is 89.2 Å². The minimum atomic E-state index is -0.301. The van der Waals surface area contributed by atoms with E-state index in [0.29, 0.717) is 45.9 Å². The van der Waals surface area contributed by atoms with E-state index in [9.17, 15) is 4.79 Å². The quantitative estimate of drug-likeness (QED) is 0.196. The molecule has 160 valence electrons. The van der Waals surface area contributed by atoms with Gasteiger partial charge in [-0.2, -0.15) is 5.10 Å². The SMILES string of the molecule is CCOc1cc(/C=N\NC(=O)c2ccc(I)cc2)cc(Cl)c1OCc1cccc(Cl)c1. The molecular weight excluding hydrogens is 550 g/mol. The Bertz CT molecular complexity index is 1090. The highest BCUT2D eigenvalue weighted by Crippen LogP contribution is 2.37. The molecule has 8 heteroatoms. The summed E-state index contributed by atoms with van der Waals surface area (Å²) < 4.78 is 12.6. The van der Waals surface area contributed by atoms with Gasteiger partial charge in [0, 0.05) is 14.2 Å². The van der Waals surface area contributed by atoms with Crippen LogP contribution in [0.5, 0.6) is 11.5 Å². The van der Waals surface area contributed by atoms with Crippen LogP contribution in [0.3, 0.4) is 0 Å². The van der Waals surface area contributed by atoms with Crippen LogP contribution in [0.15, 0.2) is 65.8 Å². The van der Waals surface area contributed by atoms with Crippen molar-refractivity contribution < 1.29 is 14.3 Å². The zero-order valence-corrected chi connectivity index (χ0v) is 20.2. The molecule has 0 atom stereocenters. The zero-order chi connectivity index (χ0) is 22.2. The van der Waals surface area contributed by atoms with Crippen molar-refractivity contribution in [3.8, 4) is 11.5 Å². The molecule has 0 saturated carbocycles. The molecule has 1 amide bonds. The number of hydrogen-bond donors (Lipinski definition) is 1. The first-order valence-corrected chi connectivity index (χ1v) is 11.2. The van der Waals surface area contributed by atoms with Gasteiger partial charge in [-0.15, -0.1) is 0 Å². The highest BCUT2D eigenvalue weighted by Gasteiger charge is 2.13. The molecule has 3 aromatic rings. The molecule has 0 radical (unpaired) electrons. The van der Waals surface area contributed by atoms with Crippen LogP contribution < -0.4 is 14.9 Å². The monoisotopic (exact) mass is 568 g/mol. The van der Waals surface area contributed by atoms with Crippen molar-refractivity contribution in [2.24, 2.45) is 5.10 Å². The van der Waals surface area contributed by atoms with Crippen LogP contribution in [0.4, 0.5) is 0 Å². The summed E-state index contributed by atoms with van der Waals surface area (Å²) in [7, 11) is 0. The smallest absolute Gasteiger partial charge is 0.271 e. The summed E-state index contributed by atoms with van der Waals surface area (Å²) in [5.74, 6) is 0.622. The number of benzene rings is 3. The fourth-order valence-corrected chi connectivity index (χ4v) is 3.53. The Labute approximate surface area is 204 Å². The van der Waals surface area contributed by atoms with Crippen molar-refractivity contribution in [1.82, 2.24) is 5.43 Å². The van der Waals surface area contributed by atoms with Gasteiger partial charge in [-0.1, -0.05) is 35.3 Å². The summed E-state index contributed by atoms with van der Waals surface area (Å²) in [6, 6.07) is 18.0. The molecule has 0 saturated heterocycles. The molecule has 0 aromatic heterocycles. The number of nitrogens with one attached hydrogen (secondary N) is 1. The Kier molecular flexibility index (Phi) is 8.57. The van der Waals surface area contributed by atoms with Gasteiger partial charge in [-0.25, -0.2) is 5.43 Å². The number of halogens is 3. The Morgan fingerprint density at radius 1 is 1.10 bits per heavy atom. The molecule has 0 aliphatic carbocycles. The average Bonchev–Trinajstić information content (AvgIpc) is 2.74. The van der Waals surface area contributed by atoms with Gasteiger partial charge in [0.15, 0.2) is 11.5 Å². The second-order valence-corrected chi connectivity index (χ2v) is 8.48. The largest absolute Gasteiger partial charge is 0.490 e. The first-order chi connectivity index (χ1) is 15.0. The Morgan fingerprint density at radius 2 is 1.87 bits per heavy atom. The number of ether oxygens (including phenoxy) is 2. The van der Waals surface area contributed by atoms with Gasteiger partial charge in [0.2, 0.25) is 0 Å². The summed E-state index contributed by atoms with van der Waals surface area (Å²) in [6.07, 6.45) is 1.50. The van der Waals surface area contributed by atoms with Gasteiger partial charge in [0.25, 0.3) is 5.91 Å². The van der Waals surface area contributed by atoms with E-state index < -0.39 is 0 Å². The van der Waals surface area contributed by atoms with Crippen LogP contribution >= 0.6 is 45.8 Å². The molecule has 31 heavy (non-hydrogen) atoms. The molecule has 0 heterocycles. The molecule has 1 N–H and O–H groups in total. The number of hydrazone groups is 1. The Balaban J connectivity index is 1.72. The van der Waals surface area contributed by atoms with Crippen LogP contribution in [-0.2, 0) is 6.61 Å². The molecular formula is C23H19Cl2IN2O3. The van der Waals surface area contributed by atoms with Gasteiger partial charge in [0.1, 0.15) is 6.61 Å². The molecule has 0 unspecified atom stereocenters. The zero-order valence-electron chi connectivity index (χ0n) is 16.6. The summed E-state index contributed by atoms with van der Waals surface area (Å²) in [5.41, 5.74) is 4.60. The Morgan fingerprint density at radius 3 is 2.58 bits per heavy atom. The lowest BCUT2D eigenvalue weighted by molar-refractivity contribution is 0.0955. The van der Waals surface area contributed by atoms with E-state index in [-0.39, 0.29) is 5.91 Å². The summed E-state index contributed by atoms with van der Waals surface area (Å²) in [6.45, 7) is 2.60. The molecule has 0 fully saturated rings. The number of rotatable bonds is 8. The third-order valence-corrected chi connectivity index (χ3v) is 5.33. The van der Waals surface area contributed by atoms with Crippen molar-refractivity contribution in [1.29, 1.82) is 0 Å². The lowest BCUT2D eigenvalue weighted by atomic mass is 10.2. The van der Waals surface area contributed by atoms with E-state index in [4.69, 9.17) is 32.7 Å². The fraction of sp³-hybridized carbons (Fsp3) is 0.130. The standard InChI is InChI=1S/C23H19Cl2IN2O3/c1-2-30-21-12-16(13-27-28-23(29)17-6-8-19(26)9-7-17)11-20(25)22(21)31-14-15-4-3-5-18(24)10-15/h3-13H,2,14H2,1H3,(H,28,29)/b27-13-. The van der Waals surface area contributed by atoms with E-state index in [0.717, 1.165) is 9.13 Å². The highest BCUT2D eigenvalue weighted by atomic mass is 127. The van der Waals surface area contributed by atoms with E-state index in [2.05, 4.69) is 33.1 Å². The van der Waals surface area contributed by atoms with Crippen molar-refractivity contribution >= 4 is 57.9 Å². The molecule has 0 bridgehead atoms. The number of amides is 1. The molecule has 0 aliphatic heterocycles. The molecule has 3 aromatic carbocycles. The maximum atomic E-state index is 12.2. The molecule has 5 nitrogen and oxygen atoms in total. The van der Waals surface area contributed by atoms with Crippen LogP contribution in [0.2, 0.25) is 10.0 Å². The van der Waals surface area contributed by atoms with Gasteiger partial charge in [-0.3, -0.25) is 4.79 Å². The van der Waals surface area contributed by atoms with Crippen LogP contribution in [0, 0.1) is 3.57 Å². The number of carbonyl (C=O) groups is 1. The van der Waals surface area contributed by atoms with E-state index in [1.54, 1.807) is 30.3 Å². The van der Waals surface area contributed by atoms with Gasteiger partial charge < -0.3 is 9.47 Å². The summed E-state index contributed by atoms with van der Waals surface area (Å²) in [4.78, 5) is 12.2. The number of nitrogens with zero attached hydrogens (tertiary/aromatic N) is 1. The second-order valence-electron chi connectivity index (χ2n) is 6.39. The van der Waals surface area contributed by atoms with Crippen molar-refractivity contribution in [2.45, 2.75) is 13.5 Å². The summed E-state index contributed by atoms with van der Waals surface area (Å²) >= 11 is 14.6. The third kappa shape index (κ3) is 6.85. The number of carbonyl (C=O) groups excluding carboxylic acids is 1. The average molecular weight is 569 g/mol. The predicted octanol–water partition coefficient (Wildman–Crippen LogP) is 6.34. The lowest BCUT2D eigenvalue weighted by Crippen LogP contribution is -2.17. The molecule has 3 rings (SSSR count). The topological polar surface area (TPSA) is 59.9 Å². The maximum absolute atomic E-state index is 12.2. The first-order valence-electron chi connectivity index (χ1n) is 9.39. The molecule has 0 aliphatic rings. The van der Waals surface area contributed by atoms with Crippen LogP contribution in [-0.4, -0.2) is 18.7 Å². The van der Waals surface area contributed by atoms with Crippen molar-refractivity contribution in [3.05, 3.63) is 91.0 Å². The van der Waals surface area contributed by atoms with E-state index in [1.165, 1.54) is 6.21 Å². The van der Waals surface area contributed by atoms with Crippen molar-refractivity contribution in [3.63, 3.8) is 0 Å². The first kappa shape index (κ1) is 23.4. The maximum Gasteiger partial charge on any atom is 0.271 e. The van der Waals surface area contributed by atoms with Gasteiger partial charge >= 0.3 is 0 Å². The van der Waals surface area contributed by atoms with Crippen LogP contribution in [0.25, 0.3) is 0 Å². The molecule has 0 spiro atoms. The summed E-state index contributed by atoms with van der Waals surface area (Å²) in [5, 5.41) is 5.03. The minimum absolute atomic E-state index is 0.292. The fourth-order valence-electron chi connectivity index (χ4n) is 2.68. The highest BCUT2D eigenvalue weighted by molar-refractivity contribution is 14.1. The predicted molar refractivity (Wildman–Crippen MR) is 133 cm³/mol. The number of hydrogen-bond acceptors (Lipinski definition) is 4. The Hall–Kier alpha value is -2.29. The third-order valence-electron chi connectivity index (χ3n) is 4.09. The normalized spacial score (nSPS) is 10.8. The minimum Gasteiger partial charge on any atom is -0.490 e. The second kappa shape index (κ2) is 11.4. The van der Waals surface area contributed by atoms with E-state index in [1.807, 2.05) is 37.3 Å². The van der Waals surface area contributed by atoms with E-state index >= 15 is 0 Å². The van der Waals surface area contributed by atoms with Crippen LogP contribution in [0.1, 0.15) is 28.4 Å². The lowest BCUT2D eigenvalue weighted by Gasteiger charge is -2.14. The van der Waals surface area contributed by atoms with Gasteiger partial charge in [0.05, 0.1) is 17.8 Å². The van der Waals surface area contributed by atoms with Crippen molar-refractivity contribution in [2.75, 3.05) is 6.61 Å².